The first-order valence-corrected chi connectivity index (χ1v) is 18.1. The summed E-state index contributed by atoms with van der Waals surface area (Å²) >= 11 is 0. The summed E-state index contributed by atoms with van der Waals surface area (Å²) in [5, 5.41) is 0. The molecule has 6 atom stereocenters. The first-order valence-electron chi connectivity index (χ1n) is 18.1. The molecule has 0 heterocycles. The molecular formula is C43H50O9. The molecular weight excluding hydrogens is 660 g/mol. The zero-order chi connectivity index (χ0) is 36.5. The van der Waals surface area contributed by atoms with E-state index in [0.717, 1.165) is 28.0 Å². The summed E-state index contributed by atoms with van der Waals surface area (Å²) in [7, 11) is 1.62. The second-order valence-electron chi connectivity index (χ2n) is 12.8. The second kappa shape index (κ2) is 20.5. The summed E-state index contributed by atoms with van der Waals surface area (Å²) in [5.41, 5.74) is 3.66. The van der Waals surface area contributed by atoms with E-state index >= 15 is 0 Å². The van der Waals surface area contributed by atoms with Crippen molar-refractivity contribution in [2.24, 2.45) is 0 Å². The Balaban J connectivity index is 1.59. The Bertz CT molecular complexity index is 1620. The van der Waals surface area contributed by atoms with E-state index in [9.17, 15) is 9.59 Å². The van der Waals surface area contributed by atoms with Crippen LogP contribution in [0.5, 0.6) is 5.75 Å². The topological polar surface area (TPSA) is 98.8 Å². The highest BCUT2D eigenvalue weighted by Crippen LogP contribution is 2.36. The molecule has 1 fully saturated rings. The molecule has 0 aliphatic heterocycles. The van der Waals surface area contributed by atoms with E-state index < -0.39 is 48.6 Å². The number of rotatable bonds is 19. The number of carbonyl (C=O) groups is 2. The largest absolute Gasteiger partial charge is 0.497 e. The van der Waals surface area contributed by atoms with Crippen LogP contribution in [0.4, 0.5) is 0 Å². The van der Waals surface area contributed by atoms with Crippen LogP contribution >= 0.6 is 0 Å². The van der Waals surface area contributed by atoms with E-state index in [2.05, 4.69) is 0 Å². The van der Waals surface area contributed by atoms with Crippen LogP contribution in [0.15, 0.2) is 115 Å². The van der Waals surface area contributed by atoms with Gasteiger partial charge in [0.25, 0.3) is 0 Å². The van der Waals surface area contributed by atoms with Crippen LogP contribution in [-0.4, -0.2) is 55.7 Å². The molecule has 1 aliphatic carbocycles. The third-order valence-electron chi connectivity index (χ3n) is 8.84. The van der Waals surface area contributed by atoms with Crippen molar-refractivity contribution in [3.05, 3.63) is 138 Å². The fourth-order valence-corrected chi connectivity index (χ4v) is 6.19. The van der Waals surface area contributed by atoms with E-state index in [1.165, 1.54) is 0 Å². The summed E-state index contributed by atoms with van der Waals surface area (Å²) in [6.45, 7) is 4.60. The van der Waals surface area contributed by atoms with Gasteiger partial charge in [-0.05, 0) is 47.2 Å². The summed E-state index contributed by atoms with van der Waals surface area (Å²) in [4.78, 5) is 26.7. The number of carbonyl (C=O) groups excluding carboxylic acids is 2. The molecule has 4 aromatic rings. The van der Waals surface area contributed by atoms with Crippen molar-refractivity contribution in [3.63, 3.8) is 0 Å². The molecule has 276 valence electrons. The molecule has 0 spiro atoms. The van der Waals surface area contributed by atoms with Gasteiger partial charge < -0.3 is 33.2 Å². The maximum Gasteiger partial charge on any atom is 0.306 e. The number of benzene rings is 4. The van der Waals surface area contributed by atoms with E-state index in [1.807, 2.05) is 129 Å². The molecule has 0 unspecified atom stereocenters. The minimum atomic E-state index is -1.07. The van der Waals surface area contributed by atoms with Gasteiger partial charge in [-0.2, -0.15) is 0 Å². The third-order valence-corrected chi connectivity index (χ3v) is 8.84. The summed E-state index contributed by atoms with van der Waals surface area (Å²) in [5.74, 6) is -0.140. The molecule has 0 radical (unpaired) electrons. The van der Waals surface area contributed by atoms with Gasteiger partial charge in [-0.3, -0.25) is 9.59 Å². The van der Waals surface area contributed by atoms with Crippen molar-refractivity contribution in [3.8, 4) is 5.75 Å². The Morgan fingerprint density at radius 3 is 1.06 bits per heavy atom. The zero-order valence-electron chi connectivity index (χ0n) is 30.3. The van der Waals surface area contributed by atoms with Crippen LogP contribution in [-0.2, 0) is 64.4 Å². The molecule has 9 nitrogen and oxygen atoms in total. The fraction of sp³-hybridized carbons (Fsp3) is 0.395. The molecule has 0 saturated heterocycles. The van der Waals surface area contributed by atoms with Gasteiger partial charge in [0.2, 0.25) is 0 Å². The lowest BCUT2D eigenvalue weighted by Crippen LogP contribution is -2.68. The van der Waals surface area contributed by atoms with Crippen LogP contribution in [0.2, 0.25) is 0 Å². The van der Waals surface area contributed by atoms with Gasteiger partial charge in [-0.1, -0.05) is 117 Å². The van der Waals surface area contributed by atoms with E-state index in [4.69, 9.17) is 33.2 Å². The highest BCUT2D eigenvalue weighted by Gasteiger charge is 2.57. The van der Waals surface area contributed by atoms with Gasteiger partial charge in [0.05, 0.1) is 33.5 Å². The number of ether oxygens (including phenoxy) is 7. The molecule has 0 amide bonds. The SMILES string of the molecule is CCCC(=O)O[C@@H]1[C@@H](OCc2ccccc2)[C@H](OCc2ccc(OC)cc2)[C@H](OCc2ccccc2)[C@H](OCc2ccccc2)[C@H]1OC(=O)CCC. The Hall–Kier alpha value is -4.54. The normalized spacial score (nSPS) is 21.3. The van der Waals surface area contributed by atoms with Crippen molar-refractivity contribution in [1.29, 1.82) is 0 Å². The molecule has 0 bridgehead atoms. The first-order chi connectivity index (χ1) is 25.5. The van der Waals surface area contributed by atoms with Crippen LogP contribution in [0.25, 0.3) is 0 Å². The first kappa shape index (κ1) is 38.7. The van der Waals surface area contributed by atoms with Gasteiger partial charge in [0.1, 0.15) is 30.2 Å². The van der Waals surface area contributed by atoms with Gasteiger partial charge in [0.15, 0.2) is 12.2 Å². The summed E-state index contributed by atoms with van der Waals surface area (Å²) in [6.07, 6.45) is -4.06. The van der Waals surface area contributed by atoms with Crippen LogP contribution < -0.4 is 4.74 Å². The predicted octanol–water partition coefficient (Wildman–Crippen LogP) is 7.77. The maximum absolute atomic E-state index is 13.4. The number of hydrogen-bond donors (Lipinski definition) is 0. The molecule has 1 saturated carbocycles. The number of methoxy groups -OCH3 is 1. The van der Waals surface area contributed by atoms with Crippen LogP contribution in [0, 0.1) is 0 Å². The lowest BCUT2D eigenvalue weighted by atomic mass is 9.83. The van der Waals surface area contributed by atoms with Crippen molar-refractivity contribution in [2.45, 2.75) is 103 Å². The predicted molar refractivity (Wildman–Crippen MR) is 196 cm³/mol. The lowest BCUT2D eigenvalue weighted by molar-refractivity contribution is -0.281. The molecule has 4 aromatic carbocycles. The van der Waals surface area contributed by atoms with Crippen molar-refractivity contribution < 1.29 is 42.7 Å². The Kier molecular flexibility index (Phi) is 15.2. The van der Waals surface area contributed by atoms with E-state index in [1.54, 1.807) is 7.11 Å². The Labute approximate surface area is 307 Å². The molecule has 0 N–H and O–H groups in total. The van der Waals surface area contributed by atoms with E-state index in [0.29, 0.717) is 12.8 Å². The monoisotopic (exact) mass is 710 g/mol. The standard InChI is InChI=1S/C43H50O9/c1-4-15-36(44)51-42-40(49-28-32-19-11-7-12-20-32)38(47-27-31-17-9-6-10-18-31)39(48-30-34-23-25-35(46-3)26-24-34)41(43(42)52-37(45)16-5-2)50-29-33-21-13-8-14-22-33/h6-14,17-26,38-43H,4-5,15-16,27-30H2,1-3H3/t38-,39+,40-,41-,42+,43+/m0/s1. The Morgan fingerprint density at radius 2 is 0.750 bits per heavy atom. The number of hydrogen-bond acceptors (Lipinski definition) is 9. The highest BCUT2D eigenvalue weighted by atomic mass is 16.6. The van der Waals surface area contributed by atoms with Crippen molar-refractivity contribution in [2.75, 3.05) is 7.11 Å². The molecule has 0 aromatic heterocycles. The van der Waals surface area contributed by atoms with E-state index in [-0.39, 0.29) is 39.3 Å². The third kappa shape index (κ3) is 11.2. The average Bonchev–Trinajstić information content (AvgIpc) is 3.17. The van der Waals surface area contributed by atoms with Crippen molar-refractivity contribution in [1.82, 2.24) is 0 Å². The second-order valence-corrected chi connectivity index (χ2v) is 12.8. The molecule has 9 heteroatoms. The molecule has 52 heavy (non-hydrogen) atoms. The summed E-state index contributed by atoms with van der Waals surface area (Å²) < 4.78 is 44.9. The lowest BCUT2D eigenvalue weighted by Gasteiger charge is -2.49. The van der Waals surface area contributed by atoms with Gasteiger partial charge in [-0.25, -0.2) is 0 Å². The smallest absolute Gasteiger partial charge is 0.306 e. The van der Waals surface area contributed by atoms with Gasteiger partial charge in [0, 0.05) is 12.8 Å². The molecule has 1 aliphatic rings. The molecule has 5 rings (SSSR count). The Morgan fingerprint density at radius 1 is 0.442 bits per heavy atom. The van der Waals surface area contributed by atoms with Crippen molar-refractivity contribution >= 4 is 11.9 Å². The highest BCUT2D eigenvalue weighted by molar-refractivity contribution is 5.71. The maximum atomic E-state index is 13.4. The minimum absolute atomic E-state index is 0.179. The fourth-order valence-electron chi connectivity index (χ4n) is 6.19. The number of esters is 2. The summed E-state index contributed by atoms with van der Waals surface area (Å²) in [6, 6.07) is 36.9. The quantitative estimate of drug-likeness (QED) is 0.0904. The van der Waals surface area contributed by atoms with Crippen LogP contribution in [0.1, 0.15) is 61.8 Å². The minimum Gasteiger partial charge on any atom is -0.497 e. The van der Waals surface area contributed by atoms with Crippen LogP contribution in [0.3, 0.4) is 0 Å². The van der Waals surface area contributed by atoms with Gasteiger partial charge >= 0.3 is 11.9 Å². The average molecular weight is 711 g/mol. The van der Waals surface area contributed by atoms with Gasteiger partial charge in [-0.15, -0.1) is 0 Å². The zero-order valence-corrected chi connectivity index (χ0v) is 30.3.